The van der Waals surface area contributed by atoms with E-state index in [-0.39, 0.29) is 0 Å². The van der Waals surface area contributed by atoms with Crippen LogP contribution >= 0.6 is 0 Å². The van der Waals surface area contributed by atoms with Crippen LogP contribution in [0.1, 0.15) is 42.9 Å². The zero-order valence-electron chi connectivity index (χ0n) is 9.39. The molecule has 1 aliphatic rings. The van der Waals surface area contributed by atoms with E-state index < -0.39 is 0 Å². The molecule has 16 heavy (non-hydrogen) atoms. The van der Waals surface area contributed by atoms with Gasteiger partial charge >= 0.3 is 0 Å². The Balaban J connectivity index is 2.01. The lowest BCUT2D eigenvalue weighted by Crippen LogP contribution is -1.96. The van der Waals surface area contributed by atoms with E-state index in [1.165, 1.54) is 31.4 Å². The van der Waals surface area contributed by atoms with Crippen LogP contribution in [0.15, 0.2) is 24.5 Å². The van der Waals surface area contributed by atoms with Crippen molar-refractivity contribution in [3.05, 3.63) is 35.8 Å². The first-order chi connectivity index (χ1) is 7.86. The molecule has 0 atom stereocenters. The Bertz CT molecular complexity index is 495. The molecule has 1 saturated carbocycles. The lowest BCUT2D eigenvalue weighted by Gasteiger charge is -2.02. The van der Waals surface area contributed by atoms with Gasteiger partial charge in [-0.15, -0.1) is 0 Å². The van der Waals surface area contributed by atoms with E-state index in [0.29, 0.717) is 12.5 Å². The summed E-state index contributed by atoms with van der Waals surface area (Å²) >= 11 is 0. The van der Waals surface area contributed by atoms with Gasteiger partial charge in [0.1, 0.15) is 5.65 Å². The van der Waals surface area contributed by atoms with E-state index in [4.69, 9.17) is 10.7 Å². The molecule has 2 aromatic heterocycles. The van der Waals surface area contributed by atoms with Crippen LogP contribution in [-0.2, 0) is 6.54 Å². The Labute approximate surface area is 95.3 Å². The fourth-order valence-corrected chi connectivity index (χ4v) is 2.59. The van der Waals surface area contributed by atoms with Gasteiger partial charge in [-0.1, -0.05) is 12.8 Å². The van der Waals surface area contributed by atoms with E-state index in [0.717, 1.165) is 11.2 Å². The Morgan fingerprint density at radius 3 is 2.94 bits per heavy atom. The summed E-state index contributed by atoms with van der Waals surface area (Å²) in [5.74, 6) is 0.682. The van der Waals surface area contributed by atoms with Gasteiger partial charge in [0.05, 0.1) is 5.69 Å². The molecule has 2 heterocycles. The summed E-state index contributed by atoms with van der Waals surface area (Å²) in [5.41, 5.74) is 9.07. The number of aromatic nitrogens is 2. The van der Waals surface area contributed by atoms with Crippen molar-refractivity contribution in [3.63, 3.8) is 0 Å². The number of hydrogen-bond acceptors (Lipinski definition) is 2. The fraction of sp³-hybridized carbons (Fsp3) is 0.462. The van der Waals surface area contributed by atoms with Gasteiger partial charge in [0.2, 0.25) is 0 Å². The molecule has 84 valence electrons. The molecule has 1 aliphatic carbocycles. The maximum Gasteiger partial charge on any atom is 0.137 e. The zero-order valence-corrected chi connectivity index (χ0v) is 9.39. The van der Waals surface area contributed by atoms with Crippen LogP contribution in [0.5, 0.6) is 0 Å². The van der Waals surface area contributed by atoms with Crippen molar-refractivity contribution in [2.45, 2.75) is 38.1 Å². The standard InChI is InChI=1S/C13H17N3/c14-8-10-5-6-16-9-12(15-13(16)7-10)11-3-1-2-4-11/h5-7,9,11H,1-4,8,14H2. The van der Waals surface area contributed by atoms with Crippen molar-refractivity contribution < 1.29 is 0 Å². The zero-order chi connectivity index (χ0) is 11.0. The molecule has 0 radical (unpaired) electrons. The minimum Gasteiger partial charge on any atom is -0.326 e. The molecule has 1 fully saturated rings. The lowest BCUT2D eigenvalue weighted by atomic mass is 10.1. The quantitative estimate of drug-likeness (QED) is 0.836. The second kappa shape index (κ2) is 3.91. The van der Waals surface area contributed by atoms with Crippen molar-refractivity contribution in [1.29, 1.82) is 0 Å². The third-order valence-electron chi connectivity index (χ3n) is 3.55. The molecule has 3 nitrogen and oxygen atoms in total. The monoisotopic (exact) mass is 215 g/mol. The fourth-order valence-electron chi connectivity index (χ4n) is 2.59. The van der Waals surface area contributed by atoms with Crippen LogP contribution in [0, 0.1) is 0 Å². The summed E-state index contributed by atoms with van der Waals surface area (Å²) in [6, 6.07) is 4.14. The molecule has 0 spiro atoms. The van der Waals surface area contributed by atoms with E-state index in [1.54, 1.807) is 0 Å². The number of nitrogens with two attached hydrogens (primary N) is 1. The van der Waals surface area contributed by atoms with Crippen LogP contribution in [0.3, 0.4) is 0 Å². The highest BCUT2D eigenvalue weighted by molar-refractivity contribution is 5.43. The molecule has 0 amide bonds. The highest BCUT2D eigenvalue weighted by Crippen LogP contribution is 2.33. The molecule has 2 aromatic rings. The predicted octanol–water partition coefficient (Wildman–Crippen LogP) is 2.45. The molecule has 3 rings (SSSR count). The van der Waals surface area contributed by atoms with Gasteiger partial charge < -0.3 is 10.1 Å². The van der Waals surface area contributed by atoms with E-state index >= 15 is 0 Å². The Hall–Kier alpha value is -1.35. The van der Waals surface area contributed by atoms with Gasteiger partial charge in [-0.25, -0.2) is 4.98 Å². The molecule has 3 heteroatoms. The third kappa shape index (κ3) is 1.61. The van der Waals surface area contributed by atoms with Gasteiger partial charge in [-0.05, 0) is 30.5 Å². The van der Waals surface area contributed by atoms with Gasteiger partial charge in [-0.2, -0.15) is 0 Å². The third-order valence-corrected chi connectivity index (χ3v) is 3.55. The first kappa shape index (κ1) is 9.85. The predicted molar refractivity (Wildman–Crippen MR) is 64.3 cm³/mol. The van der Waals surface area contributed by atoms with Gasteiger partial charge in [0.15, 0.2) is 0 Å². The van der Waals surface area contributed by atoms with E-state index in [1.807, 2.05) is 0 Å². The molecule has 0 bridgehead atoms. The first-order valence-electron chi connectivity index (χ1n) is 6.04. The number of nitrogens with zero attached hydrogens (tertiary/aromatic N) is 2. The minimum atomic E-state index is 0.585. The SMILES string of the molecule is NCc1ccn2cc(C3CCCC3)nc2c1. The molecule has 0 aliphatic heterocycles. The topological polar surface area (TPSA) is 43.3 Å². The number of rotatable bonds is 2. The van der Waals surface area contributed by atoms with Gasteiger partial charge in [0.25, 0.3) is 0 Å². The Morgan fingerprint density at radius 2 is 2.19 bits per heavy atom. The van der Waals surface area contributed by atoms with Crippen molar-refractivity contribution >= 4 is 5.65 Å². The highest BCUT2D eigenvalue weighted by Gasteiger charge is 2.19. The molecule has 0 aromatic carbocycles. The molecule has 2 N–H and O–H groups in total. The van der Waals surface area contributed by atoms with Crippen LogP contribution < -0.4 is 5.73 Å². The maximum atomic E-state index is 5.63. The van der Waals surface area contributed by atoms with Crippen molar-refractivity contribution in [3.8, 4) is 0 Å². The average Bonchev–Trinajstić information content (AvgIpc) is 2.96. The van der Waals surface area contributed by atoms with E-state index in [9.17, 15) is 0 Å². The van der Waals surface area contributed by atoms with Crippen LogP contribution in [-0.4, -0.2) is 9.38 Å². The Morgan fingerprint density at radius 1 is 1.38 bits per heavy atom. The van der Waals surface area contributed by atoms with Gasteiger partial charge in [-0.3, -0.25) is 0 Å². The normalized spacial score (nSPS) is 17.3. The number of pyridine rings is 1. The smallest absolute Gasteiger partial charge is 0.137 e. The van der Waals surface area contributed by atoms with Crippen LogP contribution in [0.25, 0.3) is 5.65 Å². The lowest BCUT2D eigenvalue weighted by molar-refractivity contribution is 0.703. The van der Waals surface area contributed by atoms with Gasteiger partial charge in [0, 0.05) is 24.9 Å². The van der Waals surface area contributed by atoms with Crippen LogP contribution in [0.4, 0.5) is 0 Å². The summed E-state index contributed by atoms with van der Waals surface area (Å²) < 4.78 is 2.10. The molecule has 0 saturated heterocycles. The summed E-state index contributed by atoms with van der Waals surface area (Å²) in [4.78, 5) is 4.71. The Kier molecular flexibility index (Phi) is 2.40. The first-order valence-corrected chi connectivity index (χ1v) is 6.04. The van der Waals surface area contributed by atoms with Crippen molar-refractivity contribution in [2.75, 3.05) is 0 Å². The highest BCUT2D eigenvalue weighted by atomic mass is 15.0. The summed E-state index contributed by atoms with van der Waals surface area (Å²) in [5, 5.41) is 0. The second-order valence-electron chi connectivity index (χ2n) is 4.65. The molecule has 0 unspecified atom stereocenters. The van der Waals surface area contributed by atoms with Crippen LogP contribution in [0.2, 0.25) is 0 Å². The average molecular weight is 215 g/mol. The summed E-state index contributed by atoms with van der Waals surface area (Å²) in [6.07, 6.45) is 9.54. The number of fused-ring (bicyclic) bond motifs is 1. The van der Waals surface area contributed by atoms with Crippen molar-refractivity contribution in [1.82, 2.24) is 9.38 Å². The van der Waals surface area contributed by atoms with Crippen molar-refractivity contribution in [2.24, 2.45) is 5.73 Å². The maximum absolute atomic E-state index is 5.63. The summed E-state index contributed by atoms with van der Waals surface area (Å²) in [7, 11) is 0. The minimum absolute atomic E-state index is 0.585. The molecular formula is C13H17N3. The molecular weight excluding hydrogens is 198 g/mol. The second-order valence-corrected chi connectivity index (χ2v) is 4.65. The number of imidazole rings is 1. The summed E-state index contributed by atoms with van der Waals surface area (Å²) in [6.45, 7) is 0.585. The van der Waals surface area contributed by atoms with E-state index in [2.05, 4.69) is 28.9 Å². The largest absolute Gasteiger partial charge is 0.326 e. The number of hydrogen-bond donors (Lipinski definition) is 1.